The van der Waals surface area contributed by atoms with Crippen molar-refractivity contribution in [2.45, 2.75) is 25.9 Å². The zero-order chi connectivity index (χ0) is 18.9. The molecule has 0 saturated heterocycles. The fraction of sp³-hybridized carbons (Fsp3) is 0.250. The summed E-state index contributed by atoms with van der Waals surface area (Å²) in [6.45, 7) is 1.78. The first kappa shape index (κ1) is 19.0. The van der Waals surface area contributed by atoms with Crippen LogP contribution in [0.1, 0.15) is 36.1 Å². The van der Waals surface area contributed by atoms with Crippen molar-refractivity contribution in [3.05, 3.63) is 65.2 Å². The number of hydrogen-bond donors (Lipinski definition) is 2. The molecule has 0 heterocycles. The Labute approximate surface area is 152 Å². The first-order valence-electron chi connectivity index (χ1n) is 8.18. The molecule has 26 heavy (non-hydrogen) atoms. The molecule has 0 saturated carbocycles. The Morgan fingerprint density at radius 3 is 2.31 bits per heavy atom. The minimum absolute atomic E-state index is 0.127. The number of benzene rings is 2. The van der Waals surface area contributed by atoms with Gasteiger partial charge in [0.2, 0.25) is 11.8 Å². The number of nitriles is 1. The van der Waals surface area contributed by atoms with E-state index in [1.54, 1.807) is 43.5 Å². The summed E-state index contributed by atoms with van der Waals surface area (Å²) in [4.78, 5) is 23.8. The molecule has 1 unspecified atom stereocenters. The van der Waals surface area contributed by atoms with Crippen LogP contribution in [0, 0.1) is 11.3 Å². The summed E-state index contributed by atoms with van der Waals surface area (Å²) in [5, 5.41) is 14.4. The summed E-state index contributed by atoms with van der Waals surface area (Å²) in [7, 11) is 1.58. The molecule has 6 heteroatoms. The zero-order valence-corrected chi connectivity index (χ0v) is 14.8. The Hall–Kier alpha value is -3.33. The first-order valence-corrected chi connectivity index (χ1v) is 8.18. The van der Waals surface area contributed by atoms with Gasteiger partial charge in [0.1, 0.15) is 5.75 Å². The van der Waals surface area contributed by atoms with E-state index in [1.165, 1.54) is 6.92 Å². The minimum atomic E-state index is -0.417. The van der Waals surface area contributed by atoms with E-state index in [2.05, 4.69) is 16.7 Å². The van der Waals surface area contributed by atoms with Crippen molar-refractivity contribution in [3.63, 3.8) is 0 Å². The number of carbonyl (C=O) groups excluding carboxylic acids is 2. The van der Waals surface area contributed by atoms with Crippen molar-refractivity contribution in [3.8, 4) is 11.8 Å². The Balaban J connectivity index is 1.98. The number of amides is 2. The van der Waals surface area contributed by atoms with Gasteiger partial charge in [-0.1, -0.05) is 24.3 Å². The van der Waals surface area contributed by atoms with Gasteiger partial charge in [0.05, 0.1) is 31.2 Å². The molecule has 0 aliphatic carbocycles. The van der Waals surface area contributed by atoms with Crippen molar-refractivity contribution in [1.82, 2.24) is 10.6 Å². The van der Waals surface area contributed by atoms with E-state index in [9.17, 15) is 9.59 Å². The highest BCUT2D eigenvalue weighted by Gasteiger charge is 2.17. The lowest BCUT2D eigenvalue weighted by atomic mass is 10.0. The maximum Gasteiger partial charge on any atom is 0.222 e. The standard InChI is InChI=1S/C20H21N3O3/c1-14(24)23-19(17-7-9-18(26-2)10-8-17)11-20(25)22-13-16-5-3-15(12-21)4-6-16/h3-10,19H,11,13H2,1-2H3,(H,22,25)(H,23,24). The molecule has 2 amide bonds. The molecule has 2 aromatic carbocycles. The van der Waals surface area contributed by atoms with Crippen LogP contribution in [-0.4, -0.2) is 18.9 Å². The lowest BCUT2D eigenvalue weighted by Crippen LogP contribution is -2.32. The van der Waals surface area contributed by atoms with Gasteiger partial charge in [-0.2, -0.15) is 5.26 Å². The number of methoxy groups -OCH3 is 1. The maximum atomic E-state index is 12.3. The first-order chi connectivity index (χ1) is 12.5. The number of hydrogen-bond acceptors (Lipinski definition) is 4. The molecule has 0 aliphatic heterocycles. The van der Waals surface area contributed by atoms with Crippen LogP contribution in [-0.2, 0) is 16.1 Å². The van der Waals surface area contributed by atoms with Crippen LogP contribution < -0.4 is 15.4 Å². The molecule has 0 aromatic heterocycles. The molecule has 0 bridgehead atoms. The van der Waals surface area contributed by atoms with E-state index in [0.29, 0.717) is 17.9 Å². The normalized spacial score (nSPS) is 11.1. The molecule has 0 spiro atoms. The van der Waals surface area contributed by atoms with Crippen LogP contribution in [0.25, 0.3) is 0 Å². The smallest absolute Gasteiger partial charge is 0.222 e. The predicted octanol–water partition coefficient (Wildman–Crippen LogP) is 2.45. The van der Waals surface area contributed by atoms with Crippen molar-refractivity contribution in [1.29, 1.82) is 5.26 Å². The van der Waals surface area contributed by atoms with Crippen molar-refractivity contribution in [2.75, 3.05) is 7.11 Å². The molecule has 6 nitrogen and oxygen atoms in total. The third-order valence-corrected chi connectivity index (χ3v) is 3.86. The van der Waals surface area contributed by atoms with E-state index in [1.807, 2.05) is 12.1 Å². The summed E-state index contributed by atoms with van der Waals surface area (Å²) >= 11 is 0. The third kappa shape index (κ3) is 5.64. The fourth-order valence-electron chi connectivity index (χ4n) is 2.49. The second kappa shape index (κ2) is 9.23. The van der Waals surface area contributed by atoms with E-state index in [0.717, 1.165) is 11.1 Å². The van der Waals surface area contributed by atoms with Crippen molar-refractivity contribution >= 4 is 11.8 Å². The average Bonchev–Trinajstić information content (AvgIpc) is 2.66. The number of rotatable bonds is 7. The molecule has 2 aromatic rings. The number of nitrogens with one attached hydrogen (secondary N) is 2. The average molecular weight is 351 g/mol. The summed E-state index contributed by atoms with van der Waals surface area (Å²) in [6, 6.07) is 15.9. The number of carbonyl (C=O) groups is 2. The van der Waals surface area contributed by atoms with Gasteiger partial charge in [0.15, 0.2) is 0 Å². The van der Waals surface area contributed by atoms with E-state index in [4.69, 9.17) is 10.00 Å². The van der Waals surface area contributed by atoms with Gasteiger partial charge in [-0.25, -0.2) is 0 Å². The van der Waals surface area contributed by atoms with Crippen LogP contribution in [0.3, 0.4) is 0 Å². The second-order valence-corrected chi connectivity index (χ2v) is 5.82. The van der Waals surface area contributed by atoms with Crippen LogP contribution >= 0.6 is 0 Å². The largest absolute Gasteiger partial charge is 0.497 e. The van der Waals surface area contributed by atoms with Gasteiger partial charge < -0.3 is 15.4 Å². The van der Waals surface area contributed by atoms with Gasteiger partial charge in [-0.15, -0.1) is 0 Å². The van der Waals surface area contributed by atoms with Crippen molar-refractivity contribution in [2.24, 2.45) is 0 Å². The van der Waals surface area contributed by atoms with Gasteiger partial charge in [0, 0.05) is 13.5 Å². The highest BCUT2D eigenvalue weighted by molar-refractivity contribution is 5.79. The maximum absolute atomic E-state index is 12.3. The lowest BCUT2D eigenvalue weighted by molar-refractivity contribution is -0.122. The van der Waals surface area contributed by atoms with Crippen LogP contribution in [0.5, 0.6) is 5.75 Å². The molecule has 0 fully saturated rings. The SMILES string of the molecule is COc1ccc(C(CC(=O)NCc2ccc(C#N)cc2)NC(C)=O)cc1. The van der Waals surface area contributed by atoms with Crippen LogP contribution in [0.4, 0.5) is 0 Å². The Morgan fingerprint density at radius 1 is 1.12 bits per heavy atom. The molecule has 134 valence electrons. The lowest BCUT2D eigenvalue weighted by Gasteiger charge is -2.18. The number of ether oxygens (including phenoxy) is 1. The summed E-state index contributed by atoms with van der Waals surface area (Å²) in [5.41, 5.74) is 2.30. The monoisotopic (exact) mass is 351 g/mol. The minimum Gasteiger partial charge on any atom is -0.497 e. The van der Waals surface area contributed by atoms with Gasteiger partial charge in [-0.05, 0) is 35.4 Å². The topological polar surface area (TPSA) is 91.2 Å². The summed E-state index contributed by atoms with van der Waals surface area (Å²) in [6.07, 6.45) is 0.127. The molecular formula is C20H21N3O3. The second-order valence-electron chi connectivity index (χ2n) is 5.82. The van der Waals surface area contributed by atoms with Gasteiger partial charge >= 0.3 is 0 Å². The Morgan fingerprint density at radius 2 is 1.77 bits per heavy atom. The van der Waals surface area contributed by atoms with E-state index in [-0.39, 0.29) is 18.2 Å². The van der Waals surface area contributed by atoms with Crippen LogP contribution in [0.15, 0.2) is 48.5 Å². The third-order valence-electron chi connectivity index (χ3n) is 3.86. The van der Waals surface area contributed by atoms with Crippen molar-refractivity contribution < 1.29 is 14.3 Å². The zero-order valence-electron chi connectivity index (χ0n) is 14.8. The molecular weight excluding hydrogens is 330 g/mol. The van der Waals surface area contributed by atoms with E-state index < -0.39 is 6.04 Å². The summed E-state index contributed by atoms with van der Waals surface area (Å²) in [5.74, 6) is 0.329. The molecule has 1 atom stereocenters. The molecule has 0 aliphatic rings. The molecule has 0 radical (unpaired) electrons. The highest BCUT2D eigenvalue weighted by Crippen LogP contribution is 2.20. The molecule has 2 N–H and O–H groups in total. The molecule has 2 rings (SSSR count). The van der Waals surface area contributed by atoms with Gasteiger partial charge in [-0.3, -0.25) is 9.59 Å². The van der Waals surface area contributed by atoms with E-state index >= 15 is 0 Å². The van der Waals surface area contributed by atoms with Gasteiger partial charge in [0.25, 0.3) is 0 Å². The highest BCUT2D eigenvalue weighted by atomic mass is 16.5. The number of nitrogens with zero attached hydrogens (tertiary/aromatic N) is 1. The quantitative estimate of drug-likeness (QED) is 0.801. The Kier molecular flexibility index (Phi) is 6.75. The fourth-order valence-corrected chi connectivity index (χ4v) is 2.49. The predicted molar refractivity (Wildman–Crippen MR) is 97.2 cm³/mol. The summed E-state index contributed by atoms with van der Waals surface area (Å²) < 4.78 is 5.13. The Bertz CT molecular complexity index is 793. The van der Waals surface area contributed by atoms with Crippen LogP contribution in [0.2, 0.25) is 0 Å².